The Labute approximate surface area is 174 Å². The summed E-state index contributed by atoms with van der Waals surface area (Å²) in [6, 6.07) is 7.53. The second-order valence-electron chi connectivity index (χ2n) is 7.20. The Morgan fingerprint density at radius 3 is 2.66 bits per heavy atom. The van der Waals surface area contributed by atoms with Gasteiger partial charge >= 0.3 is 0 Å². The van der Waals surface area contributed by atoms with E-state index in [1.807, 2.05) is 32.0 Å². The topological polar surface area (TPSA) is 91.4 Å². The predicted octanol–water partition coefficient (Wildman–Crippen LogP) is 2.76. The van der Waals surface area contributed by atoms with Crippen LogP contribution < -0.4 is 10.6 Å². The monoisotopic (exact) mass is 414 g/mol. The van der Waals surface area contributed by atoms with E-state index in [0.717, 1.165) is 24.8 Å². The molecule has 154 valence electrons. The summed E-state index contributed by atoms with van der Waals surface area (Å²) >= 11 is 1.28. The van der Waals surface area contributed by atoms with E-state index in [1.165, 1.54) is 11.3 Å². The van der Waals surface area contributed by atoms with Crippen LogP contribution in [0.15, 0.2) is 29.6 Å². The lowest BCUT2D eigenvalue weighted by Gasteiger charge is -2.22. The fourth-order valence-electron chi connectivity index (χ4n) is 2.97. The predicted molar refractivity (Wildman–Crippen MR) is 113 cm³/mol. The molecule has 1 fully saturated rings. The molecule has 3 rings (SSSR count). The van der Waals surface area contributed by atoms with Crippen LogP contribution in [0.2, 0.25) is 0 Å². The number of hydrogen-bond donors (Lipinski definition) is 2. The van der Waals surface area contributed by atoms with Gasteiger partial charge in [-0.2, -0.15) is 0 Å². The molecule has 0 unspecified atom stereocenters. The number of aryl methyl sites for hydroxylation is 1. The van der Waals surface area contributed by atoms with E-state index in [0.29, 0.717) is 22.9 Å². The molecule has 1 saturated carbocycles. The number of thiazole rings is 1. The first-order valence-corrected chi connectivity index (χ1v) is 10.7. The number of nitrogens with zero attached hydrogens (tertiary/aromatic N) is 2. The Bertz CT molecular complexity index is 892. The first-order valence-electron chi connectivity index (χ1n) is 9.85. The highest BCUT2D eigenvalue weighted by molar-refractivity contribution is 7.13. The minimum atomic E-state index is -0.282. The number of carbonyl (C=O) groups excluding carboxylic acids is 3. The van der Waals surface area contributed by atoms with E-state index in [-0.39, 0.29) is 36.7 Å². The van der Waals surface area contributed by atoms with Gasteiger partial charge in [0.2, 0.25) is 11.8 Å². The van der Waals surface area contributed by atoms with Crippen molar-refractivity contribution in [2.75, 3.05) is 18.4 Å². The molecule has 0 atom stereocenters. The molecule has 0 spiro atoms. The number of benzene rings is 1. The highest BCUT2D eigenvalue weighted by atomic mass is 32.1. The maximum Gasteiger partial charge on any atom is 0.254 e. The van der Waals surface area contributed by atoms with Crippen molar-refractivity contribution >= 4 is 34.2 Å². The highest BCUT2D eigenvalue weighted by Gasteiger charge is 2.34. The second-order valence-corrected chi connectivity index (χ2v) is 8.06. The number of aromatic nitrogens is 1. The van der Waals surface area contributed by atoms with E-state index in [9.17, 15) is 14.4 Å². The standard InChI is InChI=1S/C21H26N4O3S/c1-3-10-22-18(26)11-15-13-29-21(23-15)24-19(27)12-25(16-8-9-16)20(28)17-7-5-4-6-14(17)2/h4-7,13,16H,3,8-12H2,1-2H3,(H,22,26)(H,23,24,27). The Kier molecular flexibility index (Phi) is 6.98. The summed E-state index contributed by atoms with van der Waals surface area (Å²) in [5.41, 5.74) is 2.14. The molecular weight excluding hydrogens is 388 g/mol. The Hall–Kier alpha value is -2.74. The first-order chi connectivity index (χ1) is 14.0. The quantitative estimate of drug-likeness (QED) is 0.660. The average molecular weight is 415 g/mol. The van der Waals surface area contributed by atoms with Crippen molar-refractivity contribution < 1.29 is 14.4 Å². The van der Waals surface area contributed by atoms with Crippen LogP contribution in [0.1, 0.15) is 47.8 Å². The minimum absolute atomic E-state index is 0.0102. The van der Waals surface area contributed by atoms with Gasteiger partial charge in [-0.1, -0.05) is 25.1 Å². The lowest BCUT2D eigenvalue weighted by molar-refractivity contribution is -0.120. The van der Waals surface area contributed by atoms with Crippen LogP contribution in [0.4, 0.5) is 5.13 Å². The maximum absolute atomic E-state index is 12.9. The third-order valence-corrected chi connectivity index (χ3v) is 5.46. The Morgan fingerprint density at radius 1 is 1.21 bits per heavy atom. The summed E-state index contributed by atoms with van der Waals surface area (Å²) in [7, 11) is 0. The summed E-state index contributed by atoms with van der Waals surface area (Å²) in [6.07, 6.45) is 2.90. The van der Waals surface area contributed by atoms with Gasteiger partial charge < -0.3 is 15.5 Å². The molecule has 3 amide bonds. The molecule has 0 radical (unpaired) electrons. The van der Waals surface area contributed by atoms with Gasteiger partial charge in [0.25, 0.3) is 5.91 Å². The lowest BCUT2D eigenvalue weighted by Crippen LogP contribution is -2.39. The summed E-state index contributed by atoms with van der Waals surface area (Å²) in [5, 5.41) is 7.76. The number of hydrogen-bond acceptors (Lipinski definition) is 5. The zero-order chi connectivity index (χ0) is 20.8. The molecule has 1 heterocycles. The molecule has 2 aromatic rings. The fourth-order valence-corrected chi connectivity index (χ4v) is 3.70. The zero-order valence-electron chi connectivity index (χ0n) is 16.7. The lowest BCUT2D eigenvalue weighted by atomic mass is 10.1. The smallest absolute Gasteiger partial charge is 0.254 e. The molecule has 1 aromatic carbocycles. The summed E-state index contributed by atoms with van der Waals surface area (Å²) in [5.74, 6) is -0.484. The number of amides is 3. The third kappa shape index (κ3) is 5.87. The number of anilines is 1. The molecule has 29 heavy (non-hydrogen) atoms. The van der Waals surface area contributed by atoms with Crippen LogP contribution >= 0.6 is 11.3 Å². The van der Waals surface area contributed by atoms with E-state index in [2.05, 4.69) is 15.6 Å². The summed E-state index contributed by atoms with van der Waals surface area (Å²) < 4.78 is 0. The van der Waals surface area contributed by atoms with Crippen LogP contribution in [0.25, 0.3) is 0 Å². The van der Waals surface area contributed by atoms with Crippen LogP contribution in [-0.4, -0.2) is 46.7 Å². The summed E-state index contributed by atoms with van der Waals surface area (Å²) in [6.45, 7) is 4.51. The average Bonchev–Trinajstić information content (AvgIpc) is 3.45. The number of carbonyl (C=O) groups is 3. The highest BCUT2D eigenvalue weighted by Crippen LogP contribution is 2.29. The molecule has 2 N–H and O–H groups in total. The van der Waals surface area contributed by atoms with Crippen LogP contribution in [-0.2, 0) is 16.0 Å². The SMILES string of the molecule is CCCNC(=O)Cc1csc(NC(=O)CN(C(=O)c2ccccc2C)C2CC2)n1. The zero-order valence-corrected chi connectivity index (χ0v) is 17.6. The molecule has 0 bridgehead atoms. The number of rotatable bonds is 9. The molecule has 1 aromatic heterocycles. The maximum atomic E-state index is 12.9. The van der Waals surface area contributed by atoms with Gasteiger partial charge in [0.1, 0.15) is 6.54 Å². The van der Waals surface area contributed by atoms with Crippen molar-refractivity contribution in [2.24, 2.45) is 0 Å². The molecule has 0 aliphatic heterocycles. The molecule has 7 nitrogen and oxygen atoms in total. The van der Waals surface area contributed by atoms with Crippen LogP contribution in [0.5, 0.6) is 0 Å². The van der Waals surface area contributed by atoms with Gasteiger partial charge in [0.15, 0.2) is 5.13 Å². The van der Waals surface area contributed by atoms with E-state index >= 15 is 0 Å². The van der Waals surface area contributed by atoms with Crippen molar-refractivity contribution in [3.05, 3.63) is 46.5 Å². The molecule has 0 saturated heterocycles. The van der Waals surface area contributed by atoms with Crippen LogP contribution in [0, 0.1) is 6.92 Å². The second kappa shape index (κ2) is 9.65. The largest absolute Gasteiger partial charge is 0.356 e. The first kappa shape index (κ1) is 21.0. The Morgan fingerprint density at radius 2 is 1.97 bits per heavy atom. The number of nitrogens with one attached hydrogen (secondary N) is 2. The van der Waals surface area contributed by atoms with Crippen molar-refractivity contribution in [3.63, 3.8) is 0 Å². The van der Waals surface area contributed by atoms with Gasteiger partial charge in [0, 0.05) is 23.5 Å². The summed E-state index contributed by atoms with van der Waals surface area (Å²) in [4.78, 5) is 43.2. The Balaban J connectivity index is 1.58. The van der Waals surface area contributed by atoms with Gasteiger partial charge in [-0.05, 0) is 37.8 Å². The van der Waals surface area contributed by atoms with E-state index < -0.39 is 0 Å². The molecule has 1 aliphatic carbocycles. The van der Waals surface area contributed by atoms with Crippen LogP contribution in [0.3, 0.4) is 0 Å². The molecular formula is C21H26N4O3S. The normalized spacial score (nSPS) is 13.0. The van der Waals surface area contributed by atoms with E-state index in [1.54, 1.807) is 16.3 Å². The van der Waals surface area contributed by atoms with Gasteiger partial charge in [-0.25, -0.2) is 4.98 Å². The fraction of sp³-hybridized carbons (Fsp3) is 0.429. The van der Waals surface area contributed by atoms with Crippen molar-refractivity contribution in [1.29, 1.82) is 0 Å². The van der Waals surface area contributed by atoms with E-state index in [4.69, 9.17) is 0 Å². The van der Waals surface area contributed by atoms with Crippen molar-refractivity contribution in [3.8, 4) is 0 Å². The van der Waals surface area contributed by atoms with Gasteiger partial charge in [0.05, 0.1) is 12.1 Å². The van der Waals surface area contributed by atoms with Gasteiger partial charge in [-0.3, -0.25) is 14.4 Å². The minimum Gasteiger partial charge on any atom is -0.356 e. The van der Waals surface area contributed by atoms with Crippen molar-refractivity contribution in [2.45, 2.75) is 45.6 Å². The third-order valence-electron chi connectivity index (χ3n) is 4.65. The van der Waals surface area contributed by atoms with Gasteiger partial charge in [-0.15, -0.1) is 11.3 Å². The molecule has 8 heteroatoms. The van der Waals surface area contributed by atoms with Crippen molar-refractivity contribution in [1.82, 2.24) is 15.2 Å². The molecule has 1 aliphatic rings.